The lowest BCUT2D eigenvalue weighted by atomic mass is 10.1. The molecule has 0 spiro atoms. The molecule has 0 heterocycles. The molecule has 2 amide bonds. The Morgan fingerprint density at radius 3 is 2.49 bits per heavy atom. The third-order valence-corrected chi connectivity index (χ3v) is 5.32. The van der Waals surface area contributed by atoms with E-state index in [9.17, 15) is 9.59 Å². The van der Waals surface area contributed by atoms with Gasteiger partial charge in [0.15, 0.2) is 11.5 Å². The molecule has 0 unspecified atom stereocenters. The number of methoxy groups -OCH3 is 1. The molecule has 0 fully saturated rings. The van der Waals surface area contributed by atoms with Crippen LogP contribution in [0.25, 0.3) is 0 Å². The lowest BCUT2D eigenvalue weighted by Crippen LogP contribution is -2.32. The summed E-state index contributed by atoms with van der Waals surface area (Å²) in [5, 5.41) is 6.37. The molecule has 182 valence electrons. The van der Waals surface area contributed by atoms with Crippen LogP contribution in [0.15, 0.2) is 70.2 Å². The zero-order chi connectivity index (χ0) is 25.2. The first kappa shape index (κ1) is 25.8. The van der Waals surface area contributed by atoms with Gasteiger partial charge in [0.25, 0.3) is 0 Å². The van der Waals surface area contributed by atoms with Crippen LogP contribution in [0.2, 0.25) is 0 Å². The zero-order valence-electron chi connectivity index (χ0n) is 19.6. The molecular formula is C26H26BrN3O5. The van der Waals surface area contributed by atoms with Crippen LogP contribution < -0.4 is 25.0 Å². The van der Waals surface area contributed by atoms with Crippen molar-refractivity contribution in [2.24, 2.45) is 5.10 Å². The number of nitrogens with zero attached hydrogens (tertiary/aromatic N) is 1. The average molecular weight is 540 g/mol. The van der Waals surface area contributed by atoms with Gasteiger partial charge in [-0.25, -0.2) is 5.43 Å². The number of carbonyl (C=O) groups excluding carboxylic acids is 2. The van der Waals surface area contributed by atoms with Gasteiger partial charge >= 0.3 is 11.8 Å². The van der Waals surface area contributed by atoms with Gasteiger partial charge in [0, 0.05) is 5.69 Å². The molecule has 0 bridgehead atoms. The van der Waals surface area contributed by atoms with Gasteiger partial charge in [-0.1, -0.05) is 29.8 Å². The normalized spacial score (nSPS) is 10.6. The molecule has 3 rings (SSSR count). The summed E-state index contributed by atoms with van der Waals surface area (Å²) in [7, 11) is 1.54. The highest BCUT2D eigenvalue weighted by Gasteiger charge is 2.14. The maximum Gasteiger partial charge on any atom is 0.329 e. The van der Waals surface area contributed by atoms with E-state index in [1.165, 1.54) is 6.21 Å². The van der Waals surface area contributed by atoms with Crippen LogP contribution in [0.1, 0.15) is 23.6 Å². The minimum atomic E-state index is -0.903. The second kappa shape index (κ2) is 12.6. The van der Waals surface area contributed by atoms with Crippen molar-refractivity contribution in [1.82, 2.24) is 5.43 Å². The molecule has 0 aromatic heterocycles. The Morgan fingerprint density at radius 2 is 1.80 bits per heavy atom. The van der Waals surface area contributed by atoms with E-state index >= 15 is 0 Å². The number of hydrazone groups is 1. The molecule has 0 radical (unpaired) electrons. The standard InChI is InChI=1S/C26H26BrN3O5/c1-4-34-23-14-19(13-22(27)24(23)35-16-18-7-5-6-17(2)12-18)15-28-30-26(32)25(31)29-20-8-10-21(33-3)11-9-20/h5-15H,4,16H2,1-3H3,(H,29,31)(H,30,32)/b28-15+. The Morgan fingerprint density at radius 1 is 1.03 bits per heavy atom. The zero-order valence-corrected chi connectivity index (χ0v) is 21.2. The molecule has 3 aromatic carbocycles. The van der Waals surface area contributed by atoms with Gasteiger partial charge in [0.1, 0.15) is 12.4 Å². The lowest BCUT2D eigenvalue weighted by Gasteiger charge is -2.15. The van der Waals surface area contributed by atoms with Crippen molar-refractivity contribution < 1.29 is 23.8 Å². The summed E-state index contributed by atoms with van der Waals surface area (Å²) in [6.07, 6.45) is 1.41. The van der Waals surface area contributed by atoms with E-state index in [-0.39, 0.29) is 0 Å². The Balaban J connectivity index is 1.63. The molecule has 0 atom stereocenters. The van der Waals surface area contributed by atoms with Gasteiger partial charge in [-0.3, -0.25) is 9.59 Å². The first-order chi connectivity index (χ1) is 16.9. The maximum absolute atomic E-state index is 12.1. The van der Waals surface area contributed by atoms with Gasteiger partial charge in [0.05, 0.1) is 24.4 Å². The summed E-state index contributed by atoms with van der Waals surface area (Å²) in [5.74, 6) is -0.0168. The average Bonchev–Trinajstić information content (AvgIpc) is 2.84. The number of ether oxygens (including phenoxy) is 3. The second-order valence-corrected chi connectivity index (χ2v) is 8.28. The van der Waals surface area contributed by atoms with E-state index < -0.39 is 11.8 Å². The first-order valence-corrected chi connectivity index (χ1v) is 11.6. The van der Waals surface area contributed by atoms with E-state index in [4.69, 9.17) is 14.2 Å². The molecule has 0 saturated carbocycles. The third-order valence-electron chi connectivity index (χ3n) is 4.73. The highest BCUT2D eigenvalue weighted by molar-refractivity contribution is 9.10. The van der Waals surface area contributed by atoms with Gasteiger partial charge < -0.3 is 19.5 Å². The summed E-state index contributed by atoms with van der Waals surface area (Å²) in [6.45, 7) is 4.73. The highest BCUT2D eigenvalue weighted by Crippen LogP contribution is 2.37. The number of amides is 2. The van der Waals surface area contributed by atoms with Crippen LogP contribution in [-0.4, -0.2) is 31.7 Å². The number of hydrogen-bond donors (Lipinski definition) is 2. The quantitative estimate of drug-likeness (QED) is 0.230. The minimum Gasteiger partial charge on any atom is -0.497 e. The Labute approximate surface area is 212 Å². The summed E-state index contributed by atoms with van der Waals surface area (Å²) in [4.78, 5) is 24.2. The van der Waals surface area contributed by atoms with Crippen LogP contribution in [0.3, 0.4) is 0 Å². The predicted molar refractivity (Wildman–Crippen MR) is 138 cm³/mol. The fraction of sp³-hybridized carbons (Fsp3) is 0.192. The van der Waals surface area contributed by atoms with Crippen LogP contribution >= 0.6 is 15.9 Å². The minimum absolute atomic E-state index is 0.382. The largest absolute Gasteiger partial charge is 0.497 e. The summed E-state index contributed by atoms with van der Waals surface area (Å²) < 4.78 is 17.5. The van der Waals surface area contributed by atoms with Crippen LogP contribution in [-0.2, 0) is 16.2 Å². The van der Waals surface area contributed by atoms with E-state index in [1.54, 1.807) is 43.5 Å². The number of nitrogens with one attached hydrogen (secondary N) is 2. The van der Waals surface area contributed by atoms with Gasteiger partial charge in [0.2, 0.25) is 0 Å². The molecule has 9 heteroatoms. The van der Waals surface area contributed by atoms with E-state index in [0.29, 0.717) is 46.2 Å². The van der Waals surface area contributed by atoms with Crippen molar-refractivity contribution in [2.45, 2.75) is 20.5 Å². The number of anilines is 1. The number of rotatable bonds is 9. The monoisotopic (exact) mass is 539 g/mol. The fourth-order valence-corrected chi connectivity index (χ4v) is 3.68. The summed E-state index contributed by atoms with van der Waals surface area (Å²) in [6, 6.07) is 18.2. The number of benzene rings is 3. The number of hydrogen-bond acceptors (Lipinski definition) is 6. The van der Waals surface area contributed by atoms with Gasteiger partial charge in [-0.15, -0.1) is 0 Å². The molecule has 2 N–H and O–H groups in total. The van der Waals surface area contributed by atoms with Crippen LogP contribution in [0, 0.1) is 6.92 Å². The van der Waals surface area contributed by atoms with Crippen molar-refractivity contribution in [3.8, 4) is 17.2 Å². The maximum atomic E-state index is 12.1. The molecule has 8 nitrogen and oxygen atoms in total. The topological polar surface area (TPSA) is 98.2 Å². The van der Waals surface area contributed by atoms with Crippen LogP contribution in [0.5, 0.6) is 17.2 Å². The summed E-state index contributed by atoms with van der Waals surface area (Å²) >= 11 is 3.52. The van der Waals surface area contributed by atoms with E-state index in [0.717, 1.165) is 11.1 Å². The van der Waals surface area contributed by atoms with Crippen LogP contribution in [0.4, 0.5) is 5.69 Å². The fourth-order valence-electron chi connectivity index (χ4n) is 3.10. The third kappa shape index (κ3) is 7.58. The summed E-state index contributed by atoms with van der Waals surface area (Å²) in [5.41, 5.74) is 5.51. The van der Waals surface area contributed by atoms with Crippen molar-refractivity contribution in [1.29, 1.82) is 0 Å². The second-order valence-electron chi connectivity index (χ2n) is 7.42. The van der Waals surface area contributed by atoms with Gasteiger partial charge in [-0.05, 0) is 77.3 Å². The lowest BCUT2D eigenvalue weighted by molar-refractivity contribution is -0.136. The Bertz CT molecular complexity index is 1210. The molecule has 0 aliphatic heterocycles. The molecule has 35 heavy (non-hydrogen) atoms. The highest BCUT2D eigenvalue weighted by atomic mass is 79.9. The van der Waals surface area contributed by atoms with E-state index in [1.807, 2.05) is 32.0 Å². The van der Waals surface area contributed by atoms with E-state index in [2.05, 4.69) is 37.8 Å². The number of halogens is 1. The SMILES string of the molecule is CCOc1cc(/C=N/NC(=O)C(=O)Nc2ccc(OC)cc2)cc(Br)c1OCc1cccc(C)c1. The Hall–Kier alpha value is -3.85. The predicted octanol–water partition coefficient (Wildman–Crippen LogP) is 4.83. The molecule has 0 saturated heterocycles. The Kier molecular flexibility index (Phi) is 9.25. The molecule has 0 aliphatic rings. The molecular weight excluding hydrogens is 514 g/mol. The first-order valence-electron chi connectivity index (χ1n) is 10.8. The number of aryl methyl sites for hydroxylation is 1. The number of carbonyl (C=O) groups is 2. The van der Waals surface area contributed by atoms with Crippen molar-refractivity contribution in [2.75, 3.05) is 19.0 Å². The molecule has 3 aromatic rings. The van der Waals surface area contributed by atoms with Crippen molar-refractivity contribution in [3.63, 3.8) is 0 Å². The van der Waals surface area contributed by atoms with Crippen molar-refractivity contribution in [3.05, 3.63) is 81.8 Å². The smallest absolute Gasteiger partial charge is 0.329 e. The van der Waals surface area contributed by atoms with Crippen molar-refractivity contribution >= 4 is 39.6 Å². The molecule has 0 aliphatic carbocycles. The van der Waals surface area contributed by atoms with Gasteiger partial charge in [-0.2, -0.15) is 5.10 Å².